The lowest BCUT2D eigenvalue weighted by Crippen LogP contribution is -2.37. The lowest BCUT2D eigenvalue weighted by molar-refractivity contribution is 0.296. The van der Waals surface area contributed by atoms with E-state index in [1.165, 1.54) is 12.8 Å². The Labute approximate surface area is 165 Å². The number of aromatic nitrogens is 2. The van der Waals surface area contributed by atoms with E-state index in [0.717, 1.165) is 46.7 Å². The largest absolute Gasteiger partial charge is 0.493 e. The molecule has 146 valence electrons. The van der Waals surface area contributed by atoms with E-state index < -0.39 is 0 Å². The molecular weight excluding hydrogens is 350 g/mol. The number of hydrogen-bond donors (Lipinski definition) is 2. The molecule has 1 heterocycles. The normalized spacial score (nSPS) is 14.3. The second-order valence-electron chi connectivity index (χ2n) is 7.22. The van der Waals surface area contributed by atoms with Crippen LogP contribution in [0.15, 0.2) is 53.5 Å². The zero-order valence-corrected chi connectivity index (χ0v) is 16.5. The molecule has 1 aromatic heterocycles. The molecule has 0 amide bonds. The monoisotopic (exact) mass is 377 g/mol. The van der Waals surface area contributed by atoms with Crippen molar-refractivity contribution in [2.24, 2.45) is 18.0 Å². The summed E-state index contributed by atoms with van der Waals surface area (Å²) in [5.74, 6) is 3.40. The fourth-order valence-corrected chi connectivity index (χ4v) is 3.20. The number of nitrogens with one attached hydrogen (secondary N) is 2. The number of aryl methyl sites for hydroxylation is 1. The fraction of sp³-hybridized carbons (Fsp3) is 0.364. The molecule has 1 saturated carbocycles. The number of guanidine groups is 1. The highest BCUT2D eigenvalue weighted by molar-refractivity contribution is 5.80. The van der Waals surface area contributed by atoms with Gasteiger partial charge in [-0.05, 0) is 37.0 Å². The van der Waals surface area contributed by atoms with Gasteiger partial charge in [0.2, 0.25) is 0 Å². The van der Waals surface area contributed by atoms with E-state index in [9.17, 15) is 0 Å². The molecule has 1 aliphatic rings. The maximum atomic E-state index is 5.99. The van der Waals surface area contributed by atoms with E-state index in [2.05, 4.69) is 32.3 Å². The average Bonchev–Trinajstić information content (AvgIpc) is 3.51. The van der Waals surface area contributed by atoms with Crippen LogP contribution in [0.4, 0.5) is 0 Å². The summed E-state index contributed by atoms with van der Waals surface area (Å²) in [5.41, 5.74) is 3.27. The fourth-order valence-electron chi connectivity index (χ4n) is 3.20. The summed E-state index contributed by atoms with van der Waals surface area (Å²) < 4.78 is 8.10. The van der Waals surface area contributed by atoms with Crippen LogP contribution in [-0.2, 0) is 20.1 Å². The maximum Gasteiger partial charge on any atom is 0.191 e. The number of aliphatic imine (C=N–C) groups is 1. The van der Waals surface area contributed by atoms with Crippen LogP contribution in [0, 0.1) is 5.92 Å². The van der Waals surface area contributed by atoms with E-state index in [-0.39, 0.29) is 0 Å². The molecule has 0 atom stereocenters. The van der Waals surface area contributed by atoms with Crippen LogP contribution in [0.1, 0.15) is 24.2 Å². The predicted molar refractivity (Wildman–Crippen MR) is 112 cm³/mol. The second-order valence-corrected chi connectivity index (χ2v) is 7.22. The Morgan fingerprint density at radius 3 is 2.64 bits per heavy atom. The van der Waals surface area contributed by atoms with Crippen LogP contribution in [-0.4, -0.2) is 29.2 Å². The molecule has 4 rings (SSSR count). The van der Waals surface area contributed by atoms with Crippen molar-refractivity contribution in [3.05, 3.63) is 59.9 Å². The molecule has 2 aromatic carbocycles. The summed E-state index contributed by atoms with van der Waals surface area (Å²) in [4.78, 5) is 9.03. The Morgan fingerprint density at radius 2 is 1.86 bits per heavy atom. The maximum absolute atomic E-state index is 5.99. The number of benzene rings is 2. The van der Waals surface area contributed by atoms with Crippen molar-refractivity contribution in [2.45, 2.75) is 25.9 Å². The van der Waals surface area contributed by atoms with Crippen molar-refractivity contribution in [1.29, 1.82) is 0 Å². The van der Waals surface area contributed by atoms with E-state index >= 15 is 0 Å². The number of rotatable bonds is 7. The van der Waals surface area contributed by atoms with Crippen molar-refractivity contribution < 1.29 is 4.74 Å². The van der Waals surface area contributed by atoms with Gasteiger partial charge >= 0.3 is 0 Å². The van der Waals surface area contributed by atoms with Gasteiger partial charge in [0, 0.05) is 26.2 Å². The third-order valence-corrected chi connectivity index (χ3v) is 5.11. The molecule has 0 bridgehead atoms. The van der Waals surface area contributed by atoms with Gasteiger partial charge in [0.25, 0.3) is 0 Å². The molecule has 28 heavy (non-hydrogen) atoms. The van der Waals surface area contributed by atoms with Crippen molar-refractivity contribution in [2.75, 3.05) is 13.7 Å². The first-order chi connectivity index (χ1) is 13.7. The van der Waals surface area contributed by atoms with E-state index in [1.54, 1.807) is 7.05 Å². The van der Waals surface area contributed by atoms with Crippen molar-refractivity contribution in [3.63, 3.8) is 0 Å². The van der Waals surface area contributed by atoms with Crippen LogP contribution in [0.5, 0.6) is 5.75 Å². The highest BCUT2D eigenvalue weighted by atomic mass is 16.5. The standard InChI is InChI=1S/C22H27N5O/c1-23-22(25-14-21-26-18-8-4-5-9-19(18)27(21)2)24-13-17-7-3-6-10-20(17)28-15-16-11-12-16/h3-10,16H,11-15H2,1-2H3,(H2,23,24,25). The third kappa shape index (κ3) is 4.27. The van der Waals surface area contributed by atoms with E-state index in [4.69, 9.17) is 9.72 Å². The van der Waals surface area contributed by atoms with Crippen molar-refractivity contribution in [3.8, 4) is 5.75 Å². The zero-order valence-electron chi connectivity index (χ0n) is 16.5. The summed E-state index contributed by atoms with van der Waals surface area (Å²) in [5, 5.41) is 6.73. The predicted octanol–water partition coefficient (Wildman–Crippen LogP) is 3.23. The minimum Gasteiger partial charge on any atom is -0.493 e. The summed E-state index contributed by atoms with van der Waals surface area (Å²) in [6.07, 6.45) is 2.58. The van der Waals surface area contributed by atoms with Crippen LogP contribution in [0.3, 0.4) is 0 Å². The quantitative estimate of drug-likeness (QED) is 0.490. The number of hydrogen-bond acceptors (Lipinski definition) is 3. The van der Waals surface area contributed by atoms with E-state index in [0.29, 0.717) is 13.1 Å². The molecule has 1 aliphatic carbocycles. The molecule has 1 fully saturated rings. The molecule has 6 heteroatoms. The average molecular weight is 377 g/mol. The molecular formula is C22H27N5O. The zero-order chi connectivity index (χ0) is 19.3. The summed E-state index contributed by atoms with van der Waals surface area (Å²) in [6.45, 7) is 2.07. The first-order valence-corrected chi connectivity index (χ1v) is 9.80. The minimum atomic E-state index is 0.602. The van der Waals surface area contributed by atoms with Crippen LogP contribution >= 0.6 is 0 Å². The molecule has 3 aromatic rings. The topological polar surface area (TPSA) is 63.5 Å². The van der Waals surface area contributed by atoms with Gasteiger partial charge in [-0.25, -0.2) is 4.98 Å². The van der Waals surface area contributed by atoms with Gasteiger partial charge in [0.1, 0.15) is 11.6 Å². The van der Waals surface area contributed by atoms with Crippen molar-refractivity contribution in [1.82, 2.24) is 20.2 Å². The van der Waals surface area contributed by atoms with Gasteiger partial charge in [-0.15, -0.1) is 0 Å². The molecule has 0 saturated heterocycles. The van der Waals surface area contributed by atoms with Crippen molar-refractivity contribution >= 4 is 17.0 Å². The van der Waals surface area contributed by atoms with Crippen LogP contribution < -0.4 is 15.4 Å². The molecule has 0 spiro atoms. The Hall–Kier alpha value is -3.02. The molecule has 6 nitrogen and oxygen atoms in total. The van der Waals surface area contributed by atoms with Gasteiger partial charge in [0.15, 0.2) is 5.96 Å². The Morgan fingerprint density at radius 1 is 1.11 bits per heavy atom. The molecule has 2 N–H and O–H groups in total. The van der Waals surface area contributed by atoms with Crippen LogP contribution in [0.2, 0.25) is 0 Å². The van der Waals surface area contributed by atoms with Gasteiger partial charge < -0.3 is 19.9 Å². The lowest BCUT2D eigenvalue weighted by Gasteiger charge is -2.15. The number of ether oxygens (including phenoxy) is 1. The van der Waals surface area contributed by atoms with Gasteiger partial charge in [-0.3, -0.25) is 4.99 Å². The number of para-hydroxylation sites is 3. The summed E-state index contributed by atoms with van der Waals surface area (Å²) in [6, 6.07) is 16.3. The van der Waals surface area contributed by atoms with Gasteiger partial charge in [-0.1, -0.05) is 30.3 Å². The highest BCUT2D eigenvalue weighted by Crippen LogP contribution is 2.30. The lowest BCUT2D eigenvalue weighted by atomic mass is 10.2. The summed E-state index contributed by atoms with van der Waals surface area (Å²) >= 11 is 0. The Kier molecular flexibility index (Phi) is 5.46. The first kappa shape index (κ1) is 18.3. The minimum absolute atomic E-state index is 0.602. The Balaban J connectivity index is 1.35. The molecule has 0 unspecified atom stereocenters. The van der Waals surface area contributed by atoms with Gasteiger partial charge in [0.05, 0.1) is 24.2 Å². The first-order valence-electron chi connectivity index (χ1n) is 9.80. The number of imidazole rings is 1. The smallest absolute Gasteiger partial charge is 0.191 e. The molecule has 0 radical (unpaired) electrons. The third-order valence-electron chi connectivity index (χ3n) is 5.11. The van der Waals surface area contributed by atoms with E-state index in [1.807, 2.05) is 43.4 Å². The second kappa shape index (κ2) is 8.33. The Bertz CT molecular complexity index is 974. The van der Waals surface area contributed by atoms with Crippen LogP contribution in [0.25, 0.3) is 11.0 Å². The SMILES string of the molecule is CN=C(NCc1ccccc1OCC1CC1)NCc1nc2ccccc2n1C. The van der Waals surface area contributed by atoms with Gasteiger partial charge in [-0.2, -0.15) is 0 Å². The number of nitrogens with zero attached hydrogens (tertiary/aromatic N) is 3. The highest BCUT2D eigenvalue weighted by Gasteiger charge is 2.22. The molecule has 0 aliphatic heterocycles. The number of fused-ring (bicyclic) bond motifs is 1. The summed E-state index contributed by atoms with van der Waals surface area (Å²) in [7, 11) is 3.82.